The van der Waals surface area contributed by atoms with Crippen molar-refractivity contribution >= 4 is 12.6 Å². The Kier molecular flexibility index (Phi) is 5.30. The number of aliphatic hydroxyl groups is 2. The van der Waals surface area contributed by atoms with Gasteiger partial charge in [-0.2, -0.15) is 12.6 Å². The SMILES string of the molecule is OC(CCS)C(O)c1cccc(OC(F)(F)F)c1. The average molecular weight is 282 g/mol. The quantitative estimate of drug-likeness (QED) is 0.726. The number of rotatable bonds is 5. The van der Waals surface area contributed by atoms with Gasteiger partial charge in [-0.15, -0.1) is 13.2 Å². The van der Waals surface area contributed by atoms with E-state index in [9.17, 15) is 23.4 Å². The Hall–Kier alpha value is -0.920. The molecule has 0 saturated heterocycles. The van der Waals surface area contributed by atoms with Crippen molar-refractivity contribution in [1.29, 1.82) is 0 Å². The third-order valence-corrected chi connectivity index (χ3v) is 2.48. The number of ether oxygens (including phenoxy) is 1. The lowest BCUT2D eigenvalue weighted by atomic mass is 10.0. The molecule has 0 radical (unpaired) electrons. The Labute approximate surface area is 108 Å². The van der Waals surface area contributed by atoms with Crippen LogP contribution in [0.25, 0.3) is 0 Å². The standard InChI is InChI=1S/C11H13F3O3S/c12-11(13,14)17-8-3-1-2-7(6-8)10(16)9(15)4-5-18/h1-3,6,9-10,15-16,18H,4-5H2. The first-order valence-electron chi connectivity index (χ1n) is 5.16. The van der Waals surface area contributed by atoms with E-state index in [-0.39, 0.29) is 12.0 Å². The maximum Gasteiger partial charge on any atom is 0.573 e. The van der Waals surface area contributed by atoms with E-state index in [1.807, 2.05) is 0 Å². The van der Waals surface area contributed by atoms with Gasteiger partial charge in [0.05, 0.1) is 6.10 Å². The fourth-order valence-corrected chi connectivity index (χ4v) is 1.67. The molecule has 0 aliphatic rings. The molecule has 102 valence electrons. The van der Waals surface area contributed by atoms with Crippen molar-refractivity contribution in [3.63, 3.8) is 0 Å². The van der Waals surface area contributed by atoms with Crippen molar-refractivity contribution in [2.75, 3.05) is 5.75 Å². The second-order valence-electron chi connectivity index (χ2n) is 3.64. The van der Waals surface area contributed by atoms with Crippen LogP contribution in [0.4, 0.5) is 13.2 Å². The van der Waals surface area contributed by atoms with Gasteiger partial charge in [0.2, 0.25) is 0 Å². The highest BCUT2D eigenvalue weighted by atomic mass is 32.1. The van der Waals surface area contributed by atoms with Gasteiger partial charge in [-0.05, 0) is 29.9 Å². The summed E-state index contributed by atoms with van der Waals surface area (Å²) in [6, 6.07) is 4.89. The zero-order valence-corrected chi connectivity index (χ0v) is 10.2. The summed E-state index contributed by atoms with van der Waals surface area (Å²) in [5, 5.41) is 19.3. The van der Waals surface area contributed by atoms with Crippen LogP contribution in [0.2, 0.25) is 0 Å². The summed E-state index contributed by atoms with van der Waals surface area (Å²) in [5.74, 6) is -0.0751. The van der Waals surface area contributed by atoms with Gasteiger partial charge in [-0.3, -0.25) is 0 Å². The second-order valence-corrected chi connectivity index (χ2v) is 4.09. The normalized spacial score (nSPS) is 15.2. The lowest BCUT2D eigenvalue weighted by Gasteiger charge is -2.18. The van der Waals surface area contributed by atoms with Crippen molar-refractivity contribution in [3.8, 4) is 5.75 Å². The second kappa shape index (κ2) is 6.31. The maximum absolute atomic E-state index is 12.0. The molecule has 2 atom stereocenters. The van der Waals surface area contributed by atoms with Gasteiger partial charge in [0.15, 0.2) is 0 Å². The number of hydrogen-bond acceptors (Lipinski definition) is 4. The molecule has 18 heavy (non-hydrogen) atoms. The van der Waals surface area contributed by atoms with Crippen LogP contribution in [0.3, 0.4) is 0 Å². The molecule has 0 saturated carbocycles. The fourth-order valence-electron chi connectivity index (χ4n) is 1.41. The molecule has 0 aliphatic heterocycles. The molecule has 3 nitrogen and oxygen atoms in total. The highest BCUT2D eigenvalue weighted by molar-refractivity contribution is 7.80. The monoisotopic (exact) mass is 282 g/mol. The van der Waals surface area contributed by atoms with E-state index >= 15 is 0 Å². The molecular formula is C11H13F3O3S. The molecule has 1 aromatic carbocycles. The summed E-state index contributed by atoms with van der Waals surface area (Å²) in [7, 11) is 0. The molecule has 0 aromatic heterocycles. The van der Waals surface area contributed by atoms with E-state index in [0.717, 1.165) is 12.1 Å². The number of aliphatic hydroxyl groups excluding tert-OH is 2. The molecule has 7 heteroatoms. The highest BCUT2D eigenvalue weighted by Gasteiger charge is 2.31. The van der Waals surface area contributed by atoms with Crippen LogP contribution in [0, 0.1) is 0 Å². The Morgan fingerprint density at radius 2 is 1.94 bits per heavy atom. The lowest BCUT2D eigenvalue weighted by Crippen LogP contribution is -2.20. The van der Waals surface area contributed by atoms with Crippen molar-refractivity contribution in [1.82, 2.24) is 0 Å². The van der Waals surface area contributed by atoms with Gasteiger partial charge < -0.3 is 14.9 Å². The van der Waals surface area contributed by atoms with Gasteiger partial charge in [0.1, 0.15) is 11.9 Å². The molecule has 0 heterocycles. The first-order chi connectivity index (χ1) is 8.33. The van der Waals surface area contributed by atoms with Crippen LogP contribution in [0.5, 0.6) is 5.75 Å². The topological polar surface area (TPSA) is 49.7 Å². The van der Waals surface area contributed by atoms with E-state index in [4.69, 9.17) is 0 Å². The van der Waals surface area contributed by atoms with Crippen LogP contribution in [0.15, 0.2) is 24.3 Å². The molecule has 1 aromatic rings. The van der Waals surface area contributed by atoms with Gasteiger partial charge >= 0.3 is 6.36 Å². The summed E-state index contributed by atoms with van der Waals surface area (Å²) in [5.41, 5.74) is 0.158. The van der Waals surface area contributed by atoms with E-state index in [1.54, 1.807) is 0 Å². The molecule has 2 unspecified atom stereocenters. The Bertz CT molecular complexity index is 384. The summed E-state index contributed by atoms with van der Waals surface area (Å²) in [6.07, 6.45) is -6.90. The third-order valence-electron chi connectivity index (χ3n) is 2.22. The number of benzene rings is 1. The Morgan fingerprint density at radius 1 is 1.28 bits per heavy atom. The van der Waals surface area contributed by atoms with Crippen molar-refractivity contribution in [3.05, 3.63) is 29.8 Å². The largest absolute Gasteiger partial charge is 0.573 e. The van der Waals surface area contributed by atoms with E-state index in [1.165, 1.54) is 12.1 Å². The van der Waals surface area contributed by atoms with Crippen LogP contribution in [-0.4, -0.2) is 28.4 Å². The van der Waals surface area contributed by atoms with Crippen LogP contribution in [-0.2, 0) is 0 Å². The zero-order valence-electron chi connectivity index (χ0n) is 9.26. The Balaban J connectivity index is 2.81. The minimum Gasteiger partial charge on any atom is -0.406 e. The number of hydrogen-bond donors (Lipinski definition) is 3. The predicted octanol–water partition coefficient (Wildman–Crippen LogP) is 2.30. The first-order valence-corrected chi connectivity index (χ1v) is 5.79. The minimum absolute atomic E-state index is 0.158. The average Bonchev–Trinajstić information content (AvgIpc) is 2.26. The van der Waals surface area contributed by atoms with Crippen molar-refractivity contribution in [2.24, 2.45) is 0 Å². The number of halogens is 3. The predicted molar refractivity (Wildman–Crippen MR) is 62.6 cm³/mol. The summed E-state index contributed by atoms with van der Waals surface area (Å²) >= 11 is 3.90. The molecule has 0 bridgehead atoms. The highest BCUT2D eigenvalue weighted by Crippen LogP contribution is 2.27. The molecule has 0 fully saturated rings. The molecule has 2 N–H and O–H groups in total. The van der Waals surface area contributed by atoms with E-state index in [2.05, 4.69) is 17.4 Å². The maximum atomic E-state index is 12.0. The van der Waals surface area contributed by atoms with Crippen LogP contribution < -0.4 is 4.74 Å². The molecule has 0 spiro atoms. The van der Waals surface area contributed by atoms with E-state index in [0.29, 0.717) is 5.75 Å². The summed E-state index contributed by atoms with van der Waals surface area (Å²) in [4.78, 5) is 0. The van der Waals surface area contributed by atoms with E-state index < -0.39 is 24.3 Å². The number of thiol groups is 1. The first kappa shape index (κ1) is 15.1. The molecule has 0 amide bonds. The van der Waals surface area contributed by atoms with Crippen molar-refractivity contribution < 1.29 is 28.1 Å². The van der Waals surface area contributed by atoms with Gasteiger partial charge in [-0.1, -0.05) is 12.1 Å². The van der Waals surface area contributed by atoms with Crippen LogP contribution in [0.1, 0.15) is 18.1 Å². The molecule has 1 rings (SSSR count). The van der Waals surface area contributed by atoms with Crippen LogP contribution >= 0.6 is 12.6 Å². The Morgan fingerprint density at radius 3 is 2.50 bits per heavy atom. The third kappa shape index (κ3) is 4.75. The number of alkyl halides is 3. The zero-order chi connectivity index (χ0) is 13.8. The van der Waals surface area contributed by atoms with Gasteiger partial charge in [0, 0.05) is 0 Å². The molecule has 0 aliphatic carbocycles. The van der Waals surface area contributed by atoms with Gasteiger partial charge in [-0.25, -0.2) is 0 Å². The minimum atomic E-state index is -4.78. The van der Waals surface area contributed by atoms with Gasteiger partial charge in [0.25, 0.3) is 0 Å². The van der Waals surface area contributed by atoms with Crippen molar-refractivity contribution in [2.45, 2.75) is 25.0 Å². The summed E-state index contributed by atoms with van der Waals surface area (Å²) < 4.78 is 39.8. The smallest absolute Gasteiger partial charge is 0.406 e. The summed E-state index contributed by atoms with van der Waals surface area (Å²) in [6.45, 7) is 0. The fraction of sp³-hybridized carbons (Fsp3) is 0.455. The molecular weight excluding hydrogens is 269 g/mol. The lowest BCUT2D eigenvalue weighted by molar-refractivity contribution is -0.274.